The van der Waals surface area contributed by atoms with Crippen LogP contribution >= 0.6 is 0 Å². The number of amides is 1. The molecule has 0 radical (unpaired) electrons. The van der Waals surface area contributed by atoms with E-state index in [4.69, 9.17) is 4.74 Å². The quantitative estimate of drug-likeness (QED) is 0.783. The number of aliphatic hydroxyl groups is 1. The fourth-order valence-electron chi connectivity index (χ4n) is 1.94. The SMILES string of the molecule is COCCCC(=O)N1CCC(O)(C(F)(F)F)CC1. The first-order chi connectivity index (χ1) is 8.30. The van der Waals surface area contributed by atoms with Gasteiger partial charge in [0, 0.05) is 46.1 Å². The van der Waals surface area contributed by atoms with Crippen LogP contribution in [-0.2, 0) is 9.53 Å². The first kappa shape index (κ1) is 15.2. The molecule has 4 nitrogen and oxygen atoms in total. The second-order valence-electron chi connectivity index (χ2n) is 4.51. The highest BCUT2D eigenvalue weighted by molar-refractivity contribution is 5.76. The maximum atomic E-state index is 12.5. The number of methoxy groups -OCH3 is 1. The zero-order chi connectivity index (χ0) is 13.8. The lowest BCUT2D eigenvalue weighted by Gasteiger charge is -2.39. The van der Waals surface area contributed by atoms with Crippen LogP contribution in [0.15, 0.2) is 0 Å². The molecule has 1 rings (SSSR count). The number of hydrogen-bond acceptors (Lipinski definition) is 3. The summed E-state index contributed by atoms with van der Waals surface area (Å²) in [5, 5.41) is 9.44. The highest BCUT2D eigenvalue weighted by Crippen LogP contribution is 2.38. The summed E-state index contributed by atoms with van der Waals surface area (Å²) in [4.78, 5) is 13.0. The van der Waals surface area contributed by atoms with Crippen molar-refractivity contribution in [3.63, 3.8) is 0 Å². The standard InChI is InChI=1S/C11H18F3NO3/c1-18-8-2-3-9(16)15-6-4-10(17,5-7-15)11(12,13)14/h17H,2-8H2,1H3. The number of carbonyl (C=O) groups excluding carboxylic acids is 1. The van der Waals surface area contributed by atoms with Gasteiger partial charge in [-0.15, -0.1) is 0 Å². The van der Waals surface area contributed by atoms with Gasteiger partial charge in [0.2, 0.25) is 5.91 Å². The monoisotopic (exact) mass is 269 g/mol. The van der Waals surface area contributed by atoms with E-state index in [1.54, 1.807) is 0 Å². The molecule has 1 fully saturated rings. The molecule has 0 aliphatic carbocycles. The Balaban J connectivity index is 2.42. The van der Waals surface area contributed by atoms with E-state index in [2.05, 4.69) is 0 Å². The molecule has 0 atom stereocenters. The molecule has 1 saturated heterocycles. The number of halogens is 3. The van der Waals surface area contributed by atoms with Crippen molar-refractivity contribution in [3.8, 4) is 0 Å². The number of rotatable bonds is 4. The summed E-state index contributed by atoms with van der Waals surface area (Å²) in [6, 6.07) is 0. The minimum absolute atomic E-state index is 0.0537. The van der Waals surface area contributed by atoms with E-state index < -0.39 is 24.6 Å². The number of alkyl halides is 3. The molecule has 1 N–H and O–H groups in total. The largest absolute Gasteiger partial charge is 0.417 e. The molecule has 1 amide bonds. The van der Waals surface area contributed by atoms with E-state index in [0.29, 0.717) is 13.0 Å². The molecule has 0 saturated carbocycles. The van der Waals surface area contributed by atoms with Gasteiger partial charge >= 0.3 is 6.18 Å². The summed E-state index contributed by atoms with van der Waals surface area (Å²) in [5.41, 5.74) is -2.64. The number of carbonyl (C=O) groups is 1. The summed E-state index contributed by atoms with van der Waals surface area (Å²) in [7, 11) is 1.52. The average Bonchev–Trinajstić information content (AvgIpc) is 2.28. The van der Waals surface area contributed by atoms with E-state index in [0.717, 1.165) is 0 Å². The Morgan fingerprint density at radius 1 is 1.39 bits per heavy atom. The van der Waals surface area contributed by atoms with Crippen molar-refractivity contribution in [1.82, 2.24) is 4.90 Å². The molecule has 0 aromatic heterocycles. The molecule has 0 bridgehead atoms. The molecular formula is C11H18F3NO3. The first-order valence-corrected chi connectivity index (χ1v) is 5.86. The molecule has 18 heavy (non-hydrogen) atoms. The van der Waals surface area contributed by atoms with Crippen LogP contribution < -0.4 is 0 Å². The zero-order valence-electron chi connectivity index (χ0n) is 10.3. The normalized spacial score (nSPS) is 19.9. The fourth-order valence-corrected chi connectivity index (χ4v) is 1.94. The number of piperidine rings is 1. The van der Waals surface area contributed by atoms with Crippen LogP contribution in [0.1, 0.15) is 25.7 Å². The minimum atomic E-state index is -4.63. The molecule has 0 aromatic rings. The van der Waals surface area contributed by atoms with Gasteiger partial charge in [-0.25, -0.2) is 0 Å². The second-order valence-corrected chi connectivity index (χ2v) is 4.51. The zero-order valence-corrected chi connectivity index (χ0v) is 10.3. The molecule has 1 heterocycles. The Bertz CT molecular complexity index is 286. The predicted octanol–water partition coefficient (Wildman–Crippen LogP) is 1.33. The third kappa shape index (κ3) is 3.58. The van der Waals surface area contributed by atoms with Gasteiger partial charge in [-0.1, -0.05) is 0 Å². The Morgan fingerprint density at radius 2 is 1.94 bits per heavy atom. The highest BCUT2D eigenvalue weighted by atomic mass is 19.4. The summed E-state index contributed by atoms with van der Waals surface area (Å²) in [6.45, 7) is 0.343. The molecular weight excluding hydrogens is 251 g/mol. The molecule has 1 aliphatic rings. The van der Waals surface area contributed by atoms with Gasteiger partial charge in [0.05, 0.1) is 0 Å². The van der Waals surface area contributed by atoms with Crippen LogP contribution in [0.2, 0.25) is 0 Å². The Kier molecular flexibility index (Phi) is 4.98. The number of nitrogens with zero attached hydrogens (tertiary/aromatic N) is 1. The predicted molar refractivity (Wildman–Crippen MR) is 57.9 cm³/mol. The Labute approximate surface area is 104 Å². The van der Waals surface area contributed by atoms with Crippen LogP contribution in [0.3, 0.4) is 0 Å². The lowest BCUT2D eigenvalue weighted by Crippen LogP contribution is -2.54. The molecule has 1 aliphatic heterocycles. The van der Waals surface area contributed by atoms with Gasteiger partial charge < -0.3 is 14.7 Å². The lowest BCUT2D eigenvalue weighted by atomic mass is 9.90. The third-order valence-corrected chi connectivity index (χ3v) is 3.21. The van der Waals surface area contributed by atoms with Crippen molar-refractivity contribution >= 4 is 5.91 Å². The summed E-state index contributed by atoms with van der Waals surface area (Å²) < 4.78 is 42.4. The highest BCUT2D eigenvalue weighted by Gasteiger charge is 2.54. The smallest absolute Gasteiger partial charge is 0.385 e. The van der Waals surface area contributed by atoms with E-state index >= 15 is 0 Å². The van der Waals surface area contributed by atoms with E-state index in [9.17, 15) is 23.1 Å². The van der Waals surface area contributed by atoms with Crippen molar-refractivity contribution in [3.05, 3.63) is 0 Å². The summed E-state index contributed by atoms with van der Waals surface area (Å²) in [5.74, 6) is -0.184. The molecule has 0 aromatic carbocycles. The molecule has 0 unspecified atom stereocenters. The molecule has 7 heteroatoms. The Morgan fingerprint density at radius 3 is 2.39 bits per heavy atom. The van der Waals surface area contributed by atoms with Crippen molar-refractivity contribution in [2.45, 2.75) is 37.5 Å². The van der Waals surface area contributed by atoms with Crippen molar-refractivity contribution < 1.29 is 27.8 Å². The number of ether oxygens (including phenoxy) is 1. The van der Waals surface area contributed by atoms with Gasteiger partial charge in [0.1, 0.15) is 0 Å². The van der Waals surface area contributed by atoms with E-state index in [-0.39, 0.29) is 25.4 Å². The summed E-state index contributed by atoms with van der Waals surface area (Å²) >= 11 is 0. The van der Waals surface area contributed by atoms with Crippen molar-refractivity contribution in [2.75, 3.05) is 26.8 Å². The minimum Gasteiger partial charge on any atom is -0.385 e. The van der Waals surface area contributed by atoms with Crippen LogP contribution in [0.5, 0.6) is 0 Å². The summed E-state index contributed by atoms with van der Waals surface area (Å²) in [6.07, 6.45) is -4.72. The van der Waals surface area contributed by atoms with Crippen LogP contribution in [0.25, 0.3) is 0 Å². The Hall–Kier alpha value is -0.820. The van der Waals surface area contributed by atoms with Crippen molar-refractivity contribution in [1.29, 1.82) is 0 Å². The van der Waals surface area contributed by atoms with Crippen molar-refractivity contribution in [2.24, 2.45) is 0 Å². The maximum Gasteiger partial charge on any atom is 0.417 e. The average molecular weight is 269 g/mol. The van der Waals surface area contributed by atoms with Gasteiger partial charge in [0.15, 0.2) is 5.60 Å². The van der Waals surface area contributed by atoms with E-state index in [1.807, 2.05) is 0 Å². The van der Waals surface area contributed by atoms with Gasteiger partial charge in [-0.3, -0.25) is 4.79 Å². The third-order valence-electron chi connectivity index (χ3n) is 3.21. The second kappa shape index (κ2) is 5.88. The van der Waals surface area contributed by atoms with Gasteiger partial charge in [-0.2, -0.15) is 13.2 Å². The molecule has 106 valence electrons. The fraction of sp³-hybridized carbons (Fsp3) is 0.909. The van der Waals surface area contributed by atoms with E-state index in [1.165, 1.54) is 12.0 Å². The van der Waals surface area contributed by atoms with Gasteiger partial charge in [-0.05, 0) is 6.42 Å². The van der Waals surface area contributed by atoms with Gasteiger partial charge in [0.25, 0.3) is 0 Å². The first-order valence-electron chi connectivity index (χ1n) is 5.86. The number of likely N-dealkylation sites (tertiary alicyclic amines) is 1. The topological polar surface area (TPSA) is 49.8 Å². The molecule has 0 spiro atoms. The van der Waals surface area contributed by atoms with Crippen LogP contribution in [0.4, 0.5) is 13.2 Å². The van der Waals surface area contributed by atoms with Crippen LogP contribution in [-0.4, -0.2) is 54.5 Å². The maximum absolute atomic E-state index is 12.5. The number of hydrogen-bond donors (Lipinski definition) is 1. The van der Waals surface area contributed by atoms with Crippen LogP contribution in [0, 0.1) is 0 Å². The lowest BCUT2D eigenvalue weighted by molar-refractivity contribution is -0.272.